The Morgan fingerprint density at radius 2 is 0.700 bits per heavy atom. The zero-order valence-corrected chi connectivity index (χ0v) is 66.1. The summed E-state index contributed by atoms with van der Waals surface area (Å²) in [5, 5.41) is 15.6. The molecule has 25 nitrogen and oxygen atoms in total. The van der Waals surface area contributed by atoms with Crippen LogP contribution >= 0.6 is 47.8 Å². The molecule has 0 bridgehead atoms. The Bertz CT molecular complexity index is 5980. The van der Waals surface area contributed by atoms with Crippen molar-refractivity contribution in [1.82, 2.24) is 41.8 Å². The standard InChI is InChI=1S/C18H15B3O3.C14H11BrN2O3S.C14H12N2O4S.C14H12N2O3S.2C8H7BrN2O/c1-4-10-16(11-5-1)19-22-20(17-12-6-2-7-13-17)24-21(23-19)18-14-8-3-9-15-18;1-20-12-9-16-14(15)13-11(12)7-8-17(13)21(18,19)10-5-3-2-4-6-10;1-20-14-10-15(17)9-13-12(14)7-8-16(13)21(18,19)11-5-3-2-4-6-11;1-19-14-10-15-9-13-12(14)7-8-16(13)20(17,18)11-5-3-2-4-6-11;2*1-12-6-4-11-8(9)7-5(6)2-3-10-7/h1-15H;2-9H,1H3;2-10H,1H3;2-10H,1H3;2*2-4,10H,1H3. The lowest BCUT2D eigenvalue weighted by molar-refractivity contribution is -0.604. The van der Waals surface area contributed by atoms with Crippen LogP contribution in [0.25, 0.3) is 54.5 Å². The highest BCUT2D eigenvalue weighted by atomic mass is 79.9. The van der Waals surface area contributed by atoms with Crippen molar-refractivity contribution in [1.29, 1.82) is 0 Å². The molecule has 110 heavy (non-hydrogen) atoms. The van der Waals surface area contributed by atoms with Crippen LogP contribution in [0.5, 0.6) is 28.7 Å². The Morgan fingerprint density at radius 3 is 1.10 bits per heavy atom. The van der Waals surface area contributed by atoms with E-state index in [1.165, 1.54) is 78.6 Å². The van der Waals surface area contributed by atoms with Crippen molar-refractivity contribution in [2.24, 2.45) is 0 Å². The Kier molecular flexibility index (Phi) is 25.4. The lowest BCUT2D eigenvalue weighted by Gasteiger charge is -2.31. The number of nitrogens with zero attached hydrogens (tertiary/aromatic N) is 8. The van der Waals surface area contributed by atoms with Crippen LogP contribution in [0.15, 0.2) is 315 Å². The maximum Gasteiger partial charge on any atom is 0.467 e. The van der Waals surface area contributed by atoms with Crippen molar-refractivity contribution >= 4 is 170 Å². The molecule has 17 rings (SSSR count). The number of fused-ring (bicyclic) bond motifs is 5. The molecule has 11 heterocycles. The Hall–Kier alpha value is -11.1. The quantitative estimate of drug-likeness (QED) is 0.0442. The molecule has 1 saturated heterocycles. The van der Waals surface area contributed by atoms with Gasteiger partial charge in [0.2, 0.25) is 12.4 Å². The van der Waals surface area contributed by atoms with Gasteiger partial charge in [-0.3, -0.25) is 4.98 Å². The van der Waals surface area contributed by atoms with E-state index in [9.17, 15) is 30.5 Å². The van der Waals surface area contributed by atoms with Crippen molar-refractivity contribution < 1.29 is 67.4 Å². The summed E-state index contributed by atoms with van der Waals surface area (Å²) >= 11 is 9.99. The second-order valence-corrected chi connectivity index (χ2v) is 31.0. The first-order chi connectivity index (χ1) is 53.3. The molecule has 0 unspecified atom stereocenters. The van der Waals surface area contributed by atoms with Gasteiger partial charge in [0.05, 0.1) is 103 Å². The highest BCUT2D eigenvalue weighted by Crippen LogP contribution is 2.35. The third-order valence-electron chi connectivity index (χ3n) is 16.8. The molecule has 1 fully saturated rings. The predicted molar refractivity (Wildman–Crippen MR) is 434 cm³/mol. The van der Waals surface area contributed by atoms with E-state index >= 15 is 0 Å². The van der Waals surface area contributed by atoms with Gasteiger partial charge in [-0.2, -0.15) is 4.73 Å². The molecular formula is C76H64B3Br3N10O15S3. The summed E-state index contributed by atoms with van der Waals surface area (Å²) in [4.78, 5) is 23.1. The summed E-state index contributed by atoms with van der Waals surface area (Å²) in [6.07, 6.45) is 18.6. The zero-order valence-electron chi connectivity index (χ0n) is 58.9. The molecule has 34 heteroatoms. The summed E-state index contributed by atoms with van der Waals surface area (Å²) in [6, 6.07) is 63.3. The molecule has 2 N–H and O–H groups in total. The maximum atomic E-state index is 12.7. The largest absolute Gasteiger partial charge is 0.619 e. The summed E-state index contributed by atoms with van der Waals surface area (Å²) in [5.41, 5.74) is 6.08. The molecule has 6 aromatic carbocycles. The molecule has 0 radical (unpaired) electrons. The number of aromatic nitrogens is 10. The Labute approximate surface area is 658 Å². The monoisotopic (exact) mass is 1720 g/mol. The number of hydrogen-bond acceptors (Lipinski definition) is 19. The van der Waals surface area contributed by atoms with Gasteiger partial charge >= 0.3 is 21.4 Å². The number of rotatable bonds is 14. The average molecular weight is 1730 g/mol. The van der Waals surface area contributed by atoms with Gasteiger partial charge in [-0.25, -0.2) is 52.1 Å². The number of methoxy groups -OCH3 is 5. The van der Waals surface area contributed by atoms with Crippen LogP contribution in [-0.2, 0) is 43.8 Å². The van der Waals surface area contributed by atoms with E-state index in [-0.39, 0.29) is 20.2 Å². The van der Waals surface area contributed by atoms with E-state index in [4.69, 9.17) is 37.4 Å². The van der Waals surface area contributed by atoms with Crippen LogP contribution < -0.4 is 44.8 Å². The normalized spacial score (nSPS) is 12.1. The van der Waals surface area contributed by atoms with Gasteiger partial charge in [0.15, 0.2) is 5.75 Å². The zero-order chi connectivity index (χ0) is 77.5. The van der Waals surface area contributed by atoms with Gasteiger partial charge in [-0.15, -0.1) is 0 Å². The molecule has 0 saturated carbocycles. The molecule has 0 spiro atoms. The third kappa shape index (κ3) is 17.3. The van der Waals surface area contributed by atoms with E-state index in [0.717, 1.165) is 62.9 Å². The fourth-order valence-electron chi connectivity index (χ4n) is 11.4. The van der Waals surface area contributed by atoms with Gasteiger partial charge in [-0.05, 0) is 131 Å². The minimum Gasteiger partial charge on any atom is -0.619 e. The van der Waals surface area contributed by atoms with Crippen LogP contribution in [0.1, 0.15) is 0 Å². The van der Waals surface area contributed by atoms with Gasteiger partial charge in [0.1, 0.15) is 47.8 Å². The molecule has 1 aliphatic heterocycles. The van der Waals surface area contributed by atoms with Gasteiger partial charge in [-0.1, -0.05) is 146 Å². The van der Waals surface area contributed by atoms with Crippen LogP contribution in [0.2, 0.25) is 0 Å². The van der Waals surface area contributed by atoms with E-state index in [0.29, 0.717) is 53.8 Å². The van der Waals surface area contributed by atoms with Crippen LogP contribution in [0, 0.1) is 5.21 Å². The van der Waals surface area contributed by atoms with Gasteiger partial charge < -0.3 is 52.6 Å². The molecular weight excluding hydrogens is 1660 g/mol. The topological polar surface area (TPSA) is 301 Å². The van der Waals surface area contributed by atoms with E-state index in [1.807, 2.05) is 116 Å². The number of nitrogens with one attached hydrogen (secondary N) is 2. The summed E-state index contributed by atoms with van der Waals surface area (Å²) in [6.45, 7) is 0. The second kappa shape index (κ2) is 35.5. The number of hydrogen-bond donors (Lipinski definition) is 2. The van der Waals surface area contributed by atoms with Crippen LogP contribution in [-0.4, -0.2) is 124 Å². The maximum absolute atomic E-state index is 12.7. The highest BCUT2D eigenvalue weighted by Gasteiger charge is 2.43. The first-order valence-electron chi connectivity index (χ1n) is 33.1. The molecule has 10 aromatic heterocycles. The Morgan fingerprint density at radius 1 is 0.373 bits per heavy atom. The van der Waals surface area contributed by atoms with Crippen molar-refractivity contribution in [2.75, 3.05) is 35.5 Å². The van der Waals surface area contributed by atoms with Crippen LogP contribution in [0.3, 0.4) is 0 Å². The summed E-state index contributed by atoms with van der Waals surface area (Å²) in [7, 11) is -4.74. The smallest absolute Gasteiger partial charge is 0.467 e. The molecule has 0 atom stereocenters. The minimum atomic E-state index is -3.76. The van der Waals surface area contributed by atoms with E-state index < -0.39 is 51.4 Å². The SMILES string of the molecule is COc1c[n+]([O-])cc2c1ccn2S(=O)(=O)c1ccccc1.COc1cnc(Br)c2[nH]ccc12.COc1cnc(Br)c2[nH]ccc12.COc1cnc(Br)c2c1ccn2S(=O)(=O)c1ccccc1.COc1cncc2c1ccn2S(=O)(=O)c1ccccc1.c1ccc(B2OB(c3ccccc3)OB(c3ccccc3)O2)cc1. The summed E-state index contributed by atoms with van der Waals surface area (Å²) < 4.78 is 126. The Balaban J connectivity index is 0.000000125. The number of H-pyrrole nitrogens is 2. The molecule has 0 amide bonds. The van der Waals surface area contributed by atoms with Crippen molar-refractivity contribution in [3.8, 4) is 28.7 Å². The van der Waals surface area contributed by atoms with Crippen LogP contribution in [0.4, 0.5) is 0 Å². The van der Waals surface area contributed by atoms with Crippen molar-refractivity contribution in [2.45, 2.75) is 14.7 Å². The first kappa shape index (κ1) is 78.5. The van der Waals surface area contributed by atoms with E-state index in [2.05, 4.69) is 77.7 Å². The lowest BCUT2D eigenvalue weighted by atomic mass is 9.61. The van der Waals surface area contributed by atoms with E-state index in [1.54, 1.807) is 136 Å². The van der Waals surface area contributed by atoms with Gasteiger partial charge in [0, 0.05) is 52.5 Å². The lowest BCUT2D eigenvalue weighted by Crippen LogP contribution is -2.61. The predicted octanol–water partition coefficient (Wildman–Crippen LogP) is 12.8. The number of ether oxygens (including phenoxy) is 5. The van der Waals surface area contributed by atoms with Crippen molar-refractivity contribution in [3.05, 3.63) is 306 Å². The number of aromatic amines is 2. The molecule has 0 aliphatic carbocycles. The number of halogens is 3. The van der Waals surface area contributed by atoms with Gasteiger partial charge in [0.25, 0.3) is 30.1 Å². The number of pyridine rings is 5. The second-order valence-electron chi connectivity index (χ2n) is 23.3. The molecule has 16 aromatic rings. The molecule has 1 aliphatic rings. The first-order valence-corrected chi connectivity index (χ1v) is 39.8. The number of benzene rings is 6. The fraction of sp³-hybridized carbons (Fsp3) is 0.0658. The average Bonchev–Trinajstić information content (AvgIpc) is 1.61. The third-order valence-corrected chi connectivity index (χ3v) is 23.7. The van der Waals surface area contributed by atoms with Crippen molar-refractivity contribution in [3.63, 3.8) is 0 Å². The molecule has 556 valence electrons. The fourth-order valence-corrected chi connectivity index (χ4v) is 17.0. The minimum absolute atomic E-state index is 0.155. The summed E-state index contributed by atoms with van der Waals surface area (Å²) in [5.74, 6) is 2.97. The highest BCUT2D eigenvalue weighted by molar-refractivity contribution is 9.11.